The largest absolute Gasteiger partial charge is 0.383 e. The van der Waals surface area contributed by atoms with Crippen LogP contribution in [0.3, 0.4) is 0 Å². The summed E-state index contributed by atoms with van der Waals surface area (Å²) in [5.74, 6) is 0.856. The van der Waals surface area contributed by atoms with Gasteiger partial charge in [0.25, 0.3) is 0 Å². The molecular weight excluding hydrogens is 482 g/mol. The first kappa shape index (κ1) is 18.5. The van der Waals surface area contributed by atoms with Crippen LogP contribution >= 0.6 is 22.6 Å². The Hall–Kier alpha value is -1.82. The van der Waals surface area contributed by atoms with Gasteiger partial charge < -0.3 is 10.3 Å². The van der Waals surface area contributed by atoms with Gasteiger partial charge in [-0.15, -0.1) is 0 Å². The van der Waals surface area contributed by atoms with E-state index in [0.717, 1.165) is 23.0 Å². The van der Waals surface area contributed by atoms with E-state index in [2.05, 4.69) is 41.9 Å². The van der Waals surface area contributed by atoms with Gasteiger partial charge in [-0.3, -0.25) is 4.98 Å². The number of aryl methyl sites for hydroxylation is 1. The van der Waals surface area contributed by atoms with E-state index in [9.17, 15) is 8.60 Å². The highest BCUT2D eigenvalue weighted by atomic mass is 127. The van der Waals surface area contributed by atoms with Gasteiger partial charge in [0.15, 0.2) is 5.82 Å². The van der Waals surface area contributed by atoms with Gasteiger partial charge in [-0.25, -0.2) is 18.6 Å². The number of hydrogen-bond donors (Lipinski definition) is 1. The number of pyridine rings is 1. The Morgan fingerprint density at radius 2 is 2.00 bits per heavy atom. The highest BCUT2D eigenvalue weighted by molar-refractivity contribution is 14.1. The van der Waals surface area contributed by atoms with E-state index in [0.29, 0.717) is 33.8 Å². The fraction of sp³-hybridized carbons (Fsp3) is 0.353. The molecule has 0 amide bonds. The molecule has 0 atom stereocenters. The second-order valence-electron chi connectivity index (χ2n) is 6.54. The summed E-state index contributed by atoms with van der Waals surface area (Å²) >= 11 is 2.11. The number of anilines is 1. The number of fused-ring (bicyclic) bond motifs is 1. The van der Waals surface area contributed by atoms with Crippen LogP contribution in [0.15, 0.2) is 23.0 Å². The highest BCUT2D eigenvalue weighted by Gasteiger charge is 2.23. The maximum atomic E-state index is 15.0. The molecule has 1 aliphatic heterocycles. The van der Waals surface area contributed by atoms with E-state index in [1.54, 1.807) is 0 Å². The van der Waals surface area contributed by atoms with Gasteiger partial charge in [0, 0.05) is 30.2 Å². The summed E-state index contributed by atoms with van der Waals surface area (Å²) in [6.07, 6.45) is 5.70. The fourth-order valence-electron chi connectivity index (χ4n) is 3.34. The molecule has 2 N–H and O–H groups in total. The molecule has 0 aromatic carbocycles. The second kappa shape index (κ2) is 6.97. The fourth-order valence-corrected chi connectivity index (χ4v) is 6.28. The van der Waals surface area contributed by atoms with Crippen molar-refractivity contribution < 1.29 is 8.60 Å². The van der Waals surface area contributed by atoms with Gasteiger partial charge in [0.2, 0.25) is 0 Å². The molecule has 3 aromatic rings. The van der Waals surface area contributed by atoms with E-state index in [1.165, 1.54) is 18.6 Å². The first-order chi connectivity index (χ1) is 12.9. The zero-order valence-electron chi connectivity index (χ0n) is 14.7. The van der Waals surface area contributed by atoms with Crippen LogP contribution in [-0.4, -0.2) is 35.2 Å². The molecule has 0 bridgehead atoms. The zero-order chi connectivity index (χ0) is 19.2. The normalized spacial score (nSPS) is 16.6. The minimum Gasteiger partial charge on any atom is -0.383 e. The lowest BCUT2D eigenvalue weighted by atomic mass is 10.1. The number of nitrogens with two attached hydrogens (primary N) is 1. The molecule has 0 unspecified atom stereocenters. The molecule has 10 heteroatoms. The van der Waals surface area contributed by atoms with E-state index in [1.807, 2.05) is 11.6 Å². The zero-order valence-corrected chi connectivity index (χ0v) is 17.6. The smallest absolute Gasteiger partial charge is 0.151 e. The number of hydrogen-bond acceptors (Lipinski definition) is 6. The summed E-state index contributed by atoms with van der Waals surface area (Å²) in [5.41, 5.74) is 7.65. The van der Waals surface area contributed by atoms with Crippen molar-refractivity contribution in [3.8, 4) is 11.3 Å². The highest BCUT2D eigenvalue weighted by Crippen LogP contribution is 2.37. The lowest BCUT2D eigenvalue weighted by molar-refractivity contribution is 0.626. The van der Waals surface area contributed by atoms with Gasteiger partial charge >= 0.3 is 0 Å². The van der Waals surface area contributed by atoms with E-state index in [-0.39, 0.29) is 11.5 Å². The van der Waals surface area contributed by atoms with Crippen molar-refractivity contribution in [1.29, 1.82) is 0 Å². The topological polar surface area (TPSA) is 99.0 Å². The van der Waals surface area contributed by atoms with Gasteiger partial charge in [-0.1, -0.05) is 6.42 Å². The molecule has 1 saturated heterocycles. The van der Waals surface area contributed by atoms with Crippen molar-refractivity contribution >= 4 is 54.9 Å². The molecule has 142 valence electrons. The van der Waals surface area contributed by atoms with Crippen LogP contribution in [0.2, 0.25) is 0 Å². The van der Waals surface area contributed by atoms with E-state index < -0.39 is 15.5 Å². The van der Waals surface area contributed by atoms with E-state index in [4.69, 9.17) is 5.73 Å². The predicted molar refractivity (Wildman–Crippen MR) is 113 cm³/mol. The quantitative estimate of drug-likeness (QED) is 0.542. The number of aromatic nitrogens is 4. The Kier molecular flexibility index (Phi) is 4.78. The third-order valence-electron chi connectivity index (χ3n) is 4.69. The summed E-state index contributed by atoms with van der Waals surface area (Å²) in [6.45, 7) is 0. The molecule has 1 fully saturated rings. The number of nitrogen functional groups attached to an aromatic ring is 1. The van der Waals surface area contributed by atoms with Crippen LogP contribution in [-0.2, 0) is 16.8 Å². The summed E-state index contributed by atoms with van der Waals surface area (Å²) in [7, 11) is -0.482. The average molecular weight is 500 g/mol. The van der Waals surface area contributed by atoms with Crippen molar-refractivity contribution in [2.24, 2.45) is 11.4 Å². The summed E-state index contributed by atoms with van der Waals surface area (Å²) < 4.78 is 34.6. The van der Waals surface area contributed by atoms with Gasteiger partial charge in [-0.05, 0) is 35.4 Å². The molecule has 3 aromatic heterocycles. The third-order valence-corrected chi connectivity index (χ3v) is 8.35. The number of rotatable bonds is 2. The first-order valence-corrected chi connectivity index (χ1v) is 11.5. The lowest BCUT2D eigenvalue weighted by Gasteiger charge is -2.15. The Bertz CT molecular complexity index is 1160. The minimum absolute atomic E-state index is 0.157. The first-order valence-electron chi connectivity index (χ1n) is 8.52. The maximum Gasteiger partial charge on any atom is 0.151 e. The third kappa shape index (κ3) is 3.28. The van der Waals surface area contributed by atoms with Gasteiger partial charge in [0.05, 0.1) is 30.7 Å². The molecule has 1 aliphatic rings. The van der Waals surface area contributed by atoms with Crippen molar-refractivity contribution in [3.05, 3.63) is 28.1 Å². The molecule has 4 heterocycles. The Labute approximate surface area is 169 Å². The SMILES string of the molecule is Cn1c(I)c(-c2ncc(N=S3(=O)CCCCC3)cc2F)c2c(N)ncnc21. The lowest BCUT2D eigenvalue weighted by Crippen LogP contribution is -2.15. The van der Waals surface area contributed by atoms with Crippen LogP contribution in [0.4, 0.5) is 15.9 Å². The van der Waals surface area contributed by atoms with Crippen LogP contribution < -0.4 is 5.73 Å². The average Bonchev–Trinajstić information content (AvgIpc) is 2.88. The molecule has 7 nitrogen and oxygen atoms in total. The summed E-state index contributed by atoms with van der Waals surface area (Å²) in [4.78, 5) is 12.6. The summed E-state index contributed by atoms with van der Waals surface area (Å²) in [6, 6.07) is 1.29. The van der Waals surface area contributed by atoms with E-state index >= 15 is 0 Å². The second-order valence-corrected chi connectivity index (χ2v) is 10.1. The number of nitrogens with zero attached hydrogens (tertiary/aromatic N) is 5. The van der Waals surface area contributed by atoms with Gasteiger partial charge in [-0.2, -0.15) is 4.36 Å². The molecular formula is C17H18FIN6OS. The summed E-state index contributed by atoms with van der Waals surface area (Å²) in [5, 5.41) is 0.568. The predicted octanol–water partition coefficient (Wildman–Crippen LogP) is 3.64. The number of halogens is 2. The van der Waals surface area contributed by atoms with Crippen molar-refractivity contribution in [3.63, 3.8) is 0 Å². The van der Waals surface area contributed by atoms with Crippen LogP contribution in [0.1, 0.15) is 19.3 Å². The molecule has 27 heavy (non-hydrogen) atoms. The van der Waals surface area contributed by atoms with Gasteiger partial charge in [0.1, 0.15) is 23.5 Å². The standard InChI is InChI=1S/C17H18FIN6OS/c1-25-15(19)12(13-16(20)22-9-23-17(13)25)14-11(18)7-10(8-21-14)24-27(26)5-3-2-4-6-27/h7-9H,2-6H2,1H3,(H2,20,22,23). The molecule has 0 spiro atoms. The van der Waals surface area contributed by atoms with Crippen LogP contribution in [0.5, 0.6) is 0 Å². The Morgan fingerprint density at radius 3 is 2.70 bits per heavy atom. The van der Waals surface area contributed by atoms with Crippen LogP contribution in [0, 0.1) is 9.52 Å². The van der Waals surface area contributed by atoms with Crippen molar-refractivity contribution in [1.82, 2.24) is 19.5 Å². The van der Waals surface area contributed by atoms with Crippen molar-refractivity contribution in [2.75, 3.05) is 17.2 Å². The van der Waals surface area contributed by atoms with Crippen molar-refractivity contribution in [2.45, 2.75) is 19.3 Å². The maximum absolute atomic E-state index is 15.0. The monoisotopic (exact) mass is 500 g/mol. The molecule has 0 saturated carbocycles. The molecule has 0 aliphatic carbocycles. The Morgan fingerprint density at radius 1 is 1.26 bits per heavy atom. The van der Waals surface area contributed by atoms with Crippen LogP contribution in [0.25, 0.3) is 22.3 Å². The molecule has 0 radical (unpaired) electrons. The minimum atomic E-state index is -2.31. The Balaban J connectivity index is 1.86. The molecule has 4 rings (SSSR count).